The molecule has 1 heterocycles. The summed E-state index contributed by atoms with van der Waals surface area (Å²) >= 11 is 0. The van der Waals surface area contributed by atoms with Crippen LogP contribution in [-0.2, 0) is 0 Å². The Morgan fingerprint density at radius 2 is 1.65 bits per heavy atom. The Morgan fingerprint density at radius 1 is 1.06 bits per heavy atom. The predicted octanol–water partition coefficient (Wildman–Crippen LogP) is 4.14. The van der Waals surface area contributed by atoms with Crippen LogP contribution in [0.1, 0.15) is 43.6 Å². The summed E-state index contributed by atoms with van der Waals surface area (Å²) in [6, 6.07) is 10.7. The van der Waals surface area contributed by atoms with Crippen LogP contribution in [0.3, 0.4) is 0 Å². The fraction of sp³-hybridized carbons (Fsp3) is 0.400. The van der Waals surface area contributed by atoms with Crippen molar-refractivity contribution in [2.45, 2.75) is 40.7 Å². The Labute approximate surface area is 104 Å². The second-order valence-electron chi connectivity index (χ2n) is 3.96. The molecule has 1 aromatic heterocycles. The Morgan fingerprint density at radius 3 is 2.12 bits per heavy atom. The monoisotopic (exact) mass is 230 g/mol. The van der Waals surface area contributed by atoms with Crippen molar-refractivity contribution in [3.05, 3.63) is 53.3 Å². The van der Waals surface area contributed by atoms with Crippen LogP contribution in [0.15, 0.2) is 36.5 Å². The molecule has 0 aliphatic carbocycles. The second-order valence-corrected chi connectivity index (χ2v) is 3.96. The van der Waals surface area contributed by atoms with Crippen LogP contribution in [-0.4, -0.2) is 9.78 Å². The van der Waals surface area contributed by atoms with Crippen LogP contribution in [0.5, 0.6) is 0 Å². The normalized spacial score (nSPS) is 11.6. The third-order valence-electron chi connectivity index (χ3n) is 2.84. The fourth-order valence-corrected chi connectivity index (χ4v) is 1.66. The van der Waals surface area contributed by atoms with Gasteiger partial charge in [-0.1, -0.05) is 44.2 Å². The second kappa shape index (κ2) is 6.24. The van der Waals surface area contributed by atoms with Crippen molar-refractivity contribution in [3.8, 4) is 0 Å². The molecule has 0 fully saturated rings. The summed E-state index contributed by atoms with van der Waals surface area (Å²) in [4.78, 5) is 0. The summed E-state index contributed by atoms with van der Waals surface area (Å²) < 4.78 is 2.03. The van der Waals surface area contributed by atoms with Gasteiger partial charge in [0, 0.05) is 6.20 Å². The van der Waals surface area contributed by atoms with Crippen molar-refractivity contribution >= 4 is 0 Å². The predicted molar refractivity (Wildman–Crippen MR) is 73.3 cm³/mol. The van der Waals surface area contributed by atoms with Gasteiger partial charge in [0.1, 0.15) is 0 Å². The van der Waals surface area contributed by atoms with Crippen LogP contribution in [0.2, 0.25) is 0 Å². The van der Waals surface area contributed by atoms with Gasteiger partial charge in [-0.15, -0.1) is 0 Å². The van der Waals surface area contributed by atoms with Gasteiger partial charge in [0.25, 0.3) is 0 Å². The van der Waals surface area contributed by atoms with Crippen LogP contribution >= 0.6 is 0 Å². The van der Waals surface area contributed by atoms with Crippen molar-refractivity contribution in [1.82, 2.24) is 9.78 Å². The molecule has 0 amide bonds. The number of benzene rings is 1. The van der Waals surface area contributed by atoms with E-state index in [-0.39, 0.29) is 0 Å². The SMILES string of the molecule is CC.Cc1cn(C(C)c2ccccc2)nc1C. The number of hydrogen-bond donors (Lipinski definition) is 0. The van der Waals surface area contributed by atoms with Crippen LogP contribution in [0.4, 0.5) is 0 Å². The Kier molecular flexibility index (Phi) is 4.95. The zero-order valence-corrected chi connectivity index (χ0v) is 11.4. The molecule has 0 N–H and O–H groups in total. The van der Waals surface area contributed by atoms with E-state index in [9.17, 15) is 0 Å². The maximum atomic E-state index is 4.50. The molecule has 17 heavy (non-hydrogen) atoms. The van der Waals surface area contributed by atoms with Gasteiger partial charge in [0.2, 0.25) is 0 Å². The average molecular weight is 230 g/mol. The van der Waals surface area contributed by atoms with Gasteiger partial charge in [-0.25, -0.2) is 0 Å². The molecule has 0 saturated carbocycles. The molecule has 2 rings (SSSR count). The van der Waals surface area contributed by atoms with E-state index < -0.39 is 0 Å². The minimum Gasteiger partial charge on any atom is -0.265 e. The molecule has 2 aromatic rings. The number of rotatable bonds is 2. The van der Waals surface area contributed by atoms with Gasteiger partial charge in [0.15, 0.2) is 0 Å². The molecule has 0 bridgehead atoms. The summed E-state index contributed by atoms with van der Waals surface area (Å²) in [6.07, 6.45) is 2.10. The van der Waals surface area contributed by atoms with E-state index in [0.717, 1.165) is 5.69 Å². The summed E-state index contributed by atoms with van der Waals surface area (Å²) in [5.74, 6) is 0. The first-order chi connectivity index (χ1) is 8.18. The summed E-state index contributed by atoms with van der Waals surface area (Å²) in [7, 11) is 0. The molecule has 1 atom stereocenters. The van der Waals surface area contributed by atoms with E-state index in [1.165, 1.54) is 11.1 Å². The van der Waals surface area contributed by atoms with Gasteiger partial charge in [-0.3, -0.25) is 4.68 Å². The zero-order valence-electron chi connectivity index (χ0n) is 11.4. The van der Waals surface area contributed by atoms with E-state index in [1.807, 2.05) is 31.5 Å². The third kappa shape index (κ3) is 3.19. The lowest BCUT2D eigenvalue weighted by Gasteiger charge is -2.12. The van der Waals surface area contributed by atoms with Crippen LogP contribution in [0.25, 0.3) is 0 Å². The molecular formula is C15H22N2. The van der Waals surface area contributed by atoms with E-state index in [0.29, 0.717) is 6.04 Å². The topological polar surface area (TPSA) is 17.8 Å². The molecular weight excluding hydrogens is 208 g/mol. The van der Waals surface area contributed by atoms with E-state index in [1.54, 1.807) is 0 Å². The summed E-state index contributed by atoms with van der Waals surface area (Å²) in [5.41, 5.74) is 3.65. The molecule has 0 aliphatic heterocycles. The fourth-order valence-electron chi connectivity index (χ4n) is 1.66. The minimum atomic E-state index is 0.304. The average Bonchev–Trinajstić information content (AvgIpc) is 2.72. The first-order valence-corrected chi connectivity index (χ1v) is 6.26. The maximum Gasteiger partial charge on any atom is 0.0740 e. The van der Waals surface area contributed by atoms with Gasteiger partial charge < -0.3 is 0 Å². The standard InChI is InChI=1S/C13H16N2.C2H6/c1-10-9-15(14-11(10)2)12(3)13-7-5-4-6-8-13;1-2/h4-9,12H,1-3H3;1-2H3. The number of aryl methyl sites for hydroxylation is 2. The highest BCUT2D eigenvalue weighted by molar-refractivity contribution is 5.21. The molecule has 1 aromatic carbocycles. The summed E-state index contributed by atoms with van der Waals surface area (Å²) in [6.45, 7) is 10.3. The lowest BCUT2D eigenvalue weighted by atomic mass is 10.1. The Hall–Kier alpha value is -1.57. The van der Waals surface area contributed by atoms with E-state index in [2.05, 4.69) is 49.4 Å². The highest BCUT2D eigenvalue weighted by atomic mass is 15.3. The molecule has 92 valence electrons. The van der Waals surface area contributed by atoms with Crippen molar-refractivity contribution in [2.75, 3.05) is 0 Å². The Balaban J connectivity index is 0.000000686. The molecule has 0 spiro atoms. The van der Waals surface area contributed by atoms with Crippen molar-refractivity contribution in [3.63, 3.8) is 0 Å². The van der Waals surface area contributed by atoms with Crippen molar-refractivity contribution in [2.24, 2.45) is 0 Å². The quantitative estimate of drug-likeness (QED) is 0.758. The smallest absolute Gasteiger partial charge is 0.0740 e. The van der Waals surface area contributed by atoms with Gasteiger partial charge in [0.05, 0.1) is 11.7 Å². The first kappa shape index (κ1) is 13.5. The number of nitrogens with zero attached hydrogens (tertiary/aromatic N) is 2. The number of hydrogen-bond acceptors (Lipinski definition) is 1. The minimum absolute atomic E-state index is 0.304. The van der Waals surface area contributed by atoms with Crippen LogP contribution < -0.4 is 0 Å². The van der Waals surface area contributed by atoms with Crippen molar-refractivity contribution < 1.29 is 0 Å². The Bertz CT molecular complexity index is 424. The lowest BCUT2D eigenvalue weighted by molar-refractivity contribution is 0.560. The molecule has 0 aliphatic rings. The molecule has 0 saturated heterocycles. The molecule has 0 radical (unpaired) electrons. The molecule has 2 nitrogen and oxygen atoms in total. The van der Waals surface area contributed by atoms with E-state index >= 15 is 0 Å². The lowest BCUT2D eigenvalue weighted by Crippen LogP contribution is -2.07. The van der Waals surface area contributed by atoms with Gasteiger partial charge in [-0.2, -0.15) is 5.10 Å². The highest BCUT2D eigenvalue weighted by Crippen LogP contribution is 2.17. The van der Waals surface area contributed by atoms with Crippen LogP contribution in [0, 0.1) is 13.8 Å². The largest absolute Gasteiger partial charge is 0.265 e. The first-order valence-electron chi connectivity index (χ1n) is 6.26. The third-order valence-corrected chi connectivity index (χ3v) is 2.84. The van der Waals surface area contributed by atoms with Gasteiger partial charge in [-0.05, 0) is 31.9 Å². The highest BCUT2D eigenvalue weighted by Gasteiger charge is 2.09. The van der Waals surface area contributed by atoms with E-state index in [4.69, 9.17) is 0 Å². The zero-order chi connectivity index (χ0) is 12.8. The summed E-state index contributed by atoms with van der Waals surface area (Å²) in [5, 5.41) is 4.50. The maximum absolute atomic E-state index is 4.50. The van der Waals surface area contributed by atoms with Crippen molar-refractivity contribution in [1.29, 1.82) is 0 Å². The number of aromatic nitrogens is 2. The molecule has 2 heteroatoms. The molecule has 1 unspecified atom stereocenters. The van der Waals surface area contributed by atoms with Gasteiger partial charge >= 0.3 is 0 Å².